The van der Waals surface area contributed by atoms with Crippen molar-refractivity contribution in [1.82, 2.24) is 0 Å². The second-order valence-corrected chi connectivity index (χ2v) is 6.09. The van der Waals surface area contributed by atoms with Crippen LogP contribution in [-0.2, 0) is 14.6 Å². The summed E-state index contributed by atoms with van der Waals surface area (Å²) in [7, 11) is -3.51. The van der Waals surface area contributed by atoms with E-state index in [9.17, 15) is 13.2 Å². The van der Waals surface area contributed by atoms with Gasteiger partial charge >= 0.3 is 0 Å². The number of hydrogen-bond acceptors (Lipinski definition) is 4. The van der Waals surface area contributed by atoms with Crippen molar-refractivity contribution in [3.8, 4) is 5.75 Å². The third-order valence-corrected chi connectivity index (χ3v) is 3.72. The van der Waals surface area contributed by atoms with Gasteiger partial charge in [-0.15, -0.1) is 0 Å². The van der Waals surface area contributed by atoms with Crippen molar-refractivity contribution in [2.75, 3.05) is 5.75 Å². The molecule has 0 fully saturated rings. The standard InChI is InChI=1S/C12H16O4S/c1-9(2)16-11-4-6-12(7-5-11)17(14,15)8-10(3)13/h4-7,9H,8H2,1-3H3. The van der Waals surface area contributed by atoms with Gasteiger partial charge in [-0.05, 0) is 45.0 Å². The molecule has 0 saturated carbocycles. The molecule has 0 heterocycles. The van der Waals surface area contributed by atoms with E-state index in [0.717, 1.165) is 0 Å². The average Bonchev–Trinajstić information content (AvgIpc) is 2.15. The van der Waals surface area contributed by atoms with Crippen LogP contribution in [0.5, 0.6) is 5.75 Å². The molecular weight excluding hydrogens is 240 g/mol. The molecule has 0 amide bonds. The molecule has 4 nitrogen and oxygen atoms in total. The third kappa shape index (κ3) is 4.19. The first-order valence-corrected chi connectivity index (χ1v) is 6.95. The van der Waals surface area contributed by atoms with Crippen LogP contribution in [0.2, 0.25) is 0 Å². The van der Waals surface area contributed by atoms with Gasteiger partial charge in [0.05, 0.1) is 11.0 Å². The molecule has 94 valence electrons. The van der Waals surface area contributed by atoms with Crippen molar-refractivity contribution >= 4 is 15.6 Å². The molecule has 5 heteroatoms. The fraction of sp³-hybridized carbons (Fsp3) is 0.417. The Morgan fingerprint density at radius 1 is 1.24 bits per heavy atom. The predicted octanol–water partition coefficient (Wildman–Crippen LogP) is 1.84. The Morgan fingerprint density at radius 2 is 1.76 bits per heavy atom. The summed E-state index contributed by atoms with van der Waals surface area (Å²) in [6.07, 6.45) is 0.0367. The molecule has 0 N–H and O–H groups in total. The summed E-state index contributed by atoms with van der Waals surface area (Å²) in [5, 5.41) is 0. The fourth-order valence-electron chi connectivity index (χ4n) is 1.35. The molecule has 0 radical (unpaired) electrons. The molecule has 1 aromatic carbocycles. The van der Waals surface area contributed by atoms with Gasteiger partial charge < -0.3 is 4.74 Å². The van der Waals surface area contributed by atoms with Gasteiger partial charge in [0.25, 0.3) is 0 Å². The Labute approximate surface area is 102 Å². The van der Waals surface area contributed by atoms with Crippen molar-refractivity contribution in [3.63, 3.8) is 0 Å². The minimum absolute atomic E-state index is 0.0367. The number of hydrogen-bond donors (Lipinski definition) is 0. The molecule has 0 aliphatic heterocycles. The first-order valence-electron chi connectivity index (χ1n) is 5.30. The fourth-order valence-corrected chi connectivity index (χ4v) is 2.60. The first-order chi connectivity index (χ1) is 7.81. The Kier molecular flexibility index (Phi) is 4.28. The normalized spacial score (nSPS) is 11.5. The van der Waals surface area contributed by atoms with E-state index in [1.54, 1.807) is 12.1 Å². The molecule has 0 aliphatic carbocycles. The average molecular weight is 256 g/mol. The summed E-state index contributed by atoms with van der Waals surface area (Å²) in [6.45, 7) is 5.04. The lowest BCUT2D eigenvalue weighted by Gasteiger charge is -2.10. The molecule has 0 unspecified atom stereocenters. The summed E-state index contributed by atoms with van der Waals surface area (Å²) < 4.78 is 28.8. The van der Waals surface area contributed by atoms with E-state index in [4.69, 9.17) is 4.74 Å². The lowest BCUT2D eigenvalue weighted by Crippen LogP contribution is -2.13. The number of sulfone groups is 1. The highest BCUT2D eigenvalue weighted by Crippen LogP contribution is 2.18. The number of benzene rings is 1. The van der Waals surface area contributed by atoms with E-state index in [1.165, 1.54) is 19.1 Å². The van der Waals surface area contributed by atoms with Gasteiger partial charge in [-0.25, -0.2) is 8.42 Å². The summed E-state index contributed by atoms with van der Waals surface area (Å²) >= 11 is 0. The highest BCUT2D eigenvalue weighted by Gasteiger charge is 2.16. The zero-order chi connectivity index (χ0) is 13.1. The number of ketones is 1. The van der Waals surface area contributed by atoms with E-state index in [1.807, 2.05) is 13.8 Å². The van der Waals surface area contributed by atoms with Crippen molar-refractivity contribution < 1.29 is 17.9 Å². The Balaban J connectivity index is 2.91. The van der Waals surface area contributed by atoms with E-state index in [0.29, 0.717) is 5.75 Å². The van der Waals surface area contributed by atoms with Gasteiger partial charge in [0.15, 0.2) is 9.84 Å². The number of Topliss-reactive ketones (excluding diaryl/α,β-unsaturated/α-hetero) is 1. The SMILES string of the molecule is CC(=O)CS(=O)(=O)c1ccc(OC(C)C)cc1. The predicted molar refractivity (Wildman–Crippen MR) is 64.9 cm³/mol. The smallest absolute Gasteiger partial charge is 0.185 e. The topological polar surface area (TPSA) is 60.4 Å². The van der Waals surface area contributed by atoms with E-state index in [2.05, 4.69) is 0 Å². The van der Waals surface area contributed by atoms with E-state index >= 15 is 0 Å². The molecule has 0 aliphatic rings. The van der Waals surface area contributed by atoms with Gasteiger partial charge in [-0.1, -0.05) is 0 Å². The minimum Gasteiger partial charge on any atom is -0.491 e. The van der Waals surface area contributed by atoms with Gasteiger partial charge in [-0.3, -0.25) is 4.79 Å². The van der Waals surface area contributed by atoms with Crippen LogP contribution in [0.25, 0.3) is 0 Å². The maximum Gasteiger partial charge on any atom is 0.185 e. The minimum atomic E-state index is -3.51. The van der Waals surface area contributed by atoms with Crippen LogP contribution in [0.3, 0.4) is 0 Å². The molecule has 1 aromatic rings. The van der Waals surface area contributed by atoms with Crippen molar-refractivity contribution in [1.29, 1.82) is 0 Å². The van der Waals surface area contributed by atoms with Crippen LogP contribution >= 0.6 is 0 Å². The second-order valence-electron chi connectivity index (χ2n) is 4.10. The van der Waals surface area contributed by atoms with Gasteiger partial charge in [0.1, 0.15) is 17.3 Å². The van der Waals surface area contributed by atoms with Crippen LogP contribution < -0.4 is 4.74 Å². The maximum atomic E-state index is 11.7. The zero-order valence-electron chi connectivity index (χ0n) is 10.1. The summed E-state index contributed by atoms with van der Waals surface area (Å²) in [6, 6.07) is 6.09. The lowest BCUT2D eigenvalue weighted by atomic mass is 10.3. The van der Waals surface area contributed by atoms with Crippen LogP contribution in [0.1, 0.15) is 20.8 Å². The largest absolute Gasteiger partial charge is 0.491 e. The van der Waals surface area contributed by atoms with Crippen LogP contribution in [0.4, 0.5) is 0 Å². The van der Waals surface area contributed by atoms with Crippen molar-refractivity contribution in [2.24, 2.45) is 0 Å². The van der Waals surface area contributed by atoms with Crippen LogP contribution in [0, 0.1) is 0 Å². The Bertz CT molecular complexity index is 486. The highest BCUT2D eigenvalue weighted by atomic mass is 32.2. The molecule has 0 atom stereocenters. The Morgan fingerprint density at radius 3 is 2.18 bits per heavy atom. The van der Waals surface area contributed by atoms with E-state index < -0.39 is 15.6 Å². The number of ether oxygens (including phenoxy) is 1. The van der Waals surface area contributed by atoms with Gasteiger partial charge in [0, 0.05) is 0 Å². The monoisotopic (exact) mass is 256 g/mol. The molecule has 1 rings (SSSR count). The van der Waals surface area contributed by atoms with Gasteiger partial charge in [0.2, 0.25) is 0 Å². The van der Waals surface area contributed by atoms with Gasteiger partial charge in [-0.2, -0.15) is 0 Å². The number of rotatable bonds is 5. The number of carbonyl (C=O) groups is 1. The molecule has 0 aromatic heterocycles. The second kappa shape index (κ2) is 5.31. The first kappa shape index (κ1) is 13.7. The quantitative estimate of drug-likeness (QED) is 0.806. The van der Waals surface area contributed by atoms with E-state index in [-0.39, 0.29) is 16.8 Å². The van der Waals surface area contributed by atoms with Crippen LogP contribution in [-0.4, -0.2) is 26.1 Å². The third-order valence-electron chi connectivity index (χ3n) is 1.95. The molecular formula is C12H16O4S. The molecule has 0 spiro atoms. The zero-order valence-corrected chi connectivity index (χ0v) is 11.0. The maximum absolute atomic E-state index is 11.7. The Hall–Kier alpha value is -1.36. The van der Waals surface area contributed by atoms with Crippen molar-refractivity contribution in [3.05, 3.63) is 24.3 Å². The molecule has 0 saturated heterocycles. The number of carbonyl (C=O) groups excluding carboxylic acids is 1. The summed E-state index contributed by atoms with van der Waals surface area (Å²) in [5.41, 5.74) is 0. The molecule has 0 bridgehead atoms. The highest BCUT2D eigenvalue weighted by molar-refractivity contribution is 7.92. The molecule has 17 heavy (non-hydrogen) atoms. The summed E-state index contributed by atoms with van der Waals surface area (Å²) in [4.78, 5) is 11.0. The lowest BCUT2D eigenvalue weighted by molar-refractivity contribution is -0.114. The summed E-state index contributed by atoms with van der Waals surface area (Å²) in [5.74, 6) is -0.216. The van der Waals surface area contributed by atoms with Crippen LogP contribution in [0.15, 0.2) is 29.2 Å². The van der Waals surface area contributed by atoms with Crippen molar-refractivity contribution in [2.45, 2.75) is 31.8 Å².